The highest BCUT2D eigenvalue weighted by Crippen LogP contribution is 2.25. The summed E-state index contributed by atoms with van der Waals surface area (Å²) < 4.78 is 40.5. The SMILES string of the molecule is CCCNC(c1cc(C)cc(F)c1)c1cc(F)cc(F)c1. The van der Waals surface area contributed by atoms with E-state index >= 15 is 0 Å². The van der Waals surface area contributed by atoms with Crippen molar-refractivity contribution in [2.45, 2.75) is 26.3 Å². The first-order valence-corrected chi connectivity index (χ1v) is 6.96. The van der Waals surface area contributed by atoms with Crippen LogP contribution in [0.15, 0.2) is 36.4 Å². The van der Waals surface area contributed by atoms with Gasteiger partial charge in [-0.05, 0) is 60.8 Å². The van der Waals surface area contributed by atoms with Gasteiger partial charge in [0.1, 0.15) is 17.5 Å². The highest BCUT2D eigenvalue weighted by atomic mass is 19.1. The minimum atomic E-state index is -0.638. The molecule has 4 heteroatoms. The molecule has 0 fully saturated rings. The molecule has 0 aliphatic rings. The molecule has 21 heavy (non-hydrogen) atoms. The molecular weight excluding hydrogens is 275 g/mol. The molecule has 0 amide bonds. The first-order valence-electron chi connectivity index (χ1n) is 6.96. The normalized spacial score (nSPS) is 12.4. The lowest BCUT2D eigenvalue weighted by atomic mass is 9.96. The highest BCUT2D eigenvalue weighted by molar-refractivity contribution is 5.35. The molecule has 0 spiro atoms. The van der Waals surface area contributed by atoms with Crippen LogP contribution in [0.5, 0.6) is 0 Å². The summed E-state index contributed by atoms with van der Waals surface area (Å²) >= 11 is 0. The Bertz CT molecular complexity index is 533. The lowest BCUT2D eigenvalue weighted by Gasteiger charge is -2.20. The number of nitrogens with one attached hydrogen (secondary N) is 1. The molecule has 0 radical (unpaired) electrons. The Hall–Kier alpha value is -1.81. The third-order valence-corrected chi connectivity index (χ3v) is 3.21. The van der Waals surface area contributed by atoms with Crippen molar-refractivity contribution >= 4 is 0 Å². The predicted molar refractivity (Wildman–Crippen MR) is 77.6 cm³/mol. The molecule has 0 aliphatic heterocycles. The van der Waals surface area contributed by atoms with Gasteiger partial charge in [-0.1, -0.05) is 13.0 Å². The Balaban J connectivity index is 2.46. The van der Waals surface area contributed by atoms with E-state index in [4.69, 9.17) is 0 Å². The minimum absolute atomic E-state index is 0.356. The molecule has 2 aromatic carbocycles. The molecule has 0 saturated carbocycles. The number of aryl methyl sites for hydroxylation is 1. The fourth-order valence-corrected chi connectivity index (χ4v) is 2.39. The van der Waals surface area contributed by atoms with Gasteiger partial charge in [0, 0.05) is 6.07 Å². The van der Waals surface area contributed by atoms with Gasteiger partial charge in [-0.3, -0.25) is 0 Å². The van der Waals surface area contributed by atoms with E-state index in [-0.39, 0.29) is 5.82 Å². The molecule has 0 heterocycles. The number of halogens is 3. The lowest BCUT2D eigenvalue weighted by molar-refractivity contribution is 0.555. The Labute approximate surface area is 122 Å². The summed E-state index contributed by atoms with van der Waals surface area (Å²) in [5.74, 6) is -1.63. The standard InChI is InChI=1S/C17H18F3N/c1-3-4-21-17(12-5-11(2)6-14(18)7-12)13-8-15(19)10-16(20)9-13/h5-10,17,21H,3-4H2,1-2H3. The summed E-state index contributed by atoms with van der Waals surface area (Å²) in [6.07, 6.45) is 0.864. The highest BCUT2D eigenvalue weighted by Gasteiger charge is 2.16. The van der Waals surface area contributed by atoms with Gasteiger partial charge in [-0.15, -0.1) is 0 Å². The van der Waals surface area contributed by atoms with Crippen molar-refractivity contribution in [1.82, 2.24) is 5.32 Å². The molecular formula is C17H18F3N. The molecule has 1 N–H and O–H groups in total. The van der Waals surface area contributed by atoms with Crippen molar-refractivity contribution in [3.05, 3.63) is 70.5 Å². The zero-order valence-corrected chi connectivity index (χ0v) is 12.1. The second-order valence-corrected chi connectivity index (χ2v) is 5.15. The summed E-state index contributed by atoms with van der Waals surface area (Å²) in [7, 11) is 0. The summed E-state index contributed by atoms with van der Waals surface area (Å²) in [5.41, 5.74) is 1.88. The Morgan fingerprint density at radius 2 is 1.38 bits per heavy atom. The van der Waals surface area contributed by atoms with Crippen molar-refractivity contribution in [1.29, 1.82) is 0 Å². The van der Waals surface area contributed by atoms with Crippen molar-refractivity contribution in [3.8, 4) is 0 Å². The van der Waals surface area contributed by atoms with Crippen LogP contribution in [0.2, 0.25) is 0 Å². The van der Waals surface area contributed by atoms with Crippen molar-refractivity contribution in [2.75, 3.05) is 6.54 Å². The van der Waals surface area contributed by atoms with Gasteiger partial charge in [0.05, 0.1) is 6.04 Å². The number of rotatable bonds is 5. The van der Waals surface area contributed by atoms with E-state index in [1.807, 2.05) is 13.0 Å². The quantitative estimate of drug-likeness (QED) is 0.855. The maximum Gasteiger partial charge on any atom is 0.126 e. The zero-order chi connectivity index (χ0) is 15.4. The first kappa shape index (κ1) is 15.6. The van der Waals surface area contributed by atoms with E-state index < -0.39 is 17.7 Å². The third kappa shape index (κ3) is 4.08. The third-order valence-electron chi connectivity index (χ3n) is 3.21. The van der Waals surface area contributed by atoms with E-state index in [9.17, 15) is 13.2 Å². The van der Waals surface area contributed by atoms with Crippen LogP contribution < -0.4 is 5.32 Å². The van der Waals surface area contributed by atoms with Gasteiger partial charge < -0.3 is 5.32 Å². The van der Waals surface area contributed by atoms with E-state index in [1.165, 1.54) is 24.3 Å². The Kier molecular flexibility index (Phi) is 5.02. The second-order valence-electron chi connectivity index (χ2n) is 5.15. The van der Waals surface area contributed by atoms with Crippen LogP contribution in [-0.2, 0) is 0 Å². The van der Waals surface area contributed by atoms with E-state index in [0.717, 1.165) is 18.1 Å². The Morgan fingerprint density at radius 1 is 0.857 bits per heavy atom. The number of hydrogen-bond acceptors (Lipinski definition) is 1. The minimum Gasteiger partial charge on any atom is -0.306 e. The smallest absolute Gasteiger partial charge is 0.126 e. The van der Waals surface area contributed by atoms with Gasteiger partial charge >= 0.3 is 0 Å². The summed E-state index contributed by atoms with van der Waals surface area (Å²) in [5, 5.41) is 3.21. The maximum absolute atomic E-state index is 13.6. The average Bonchev–Trinajstić information content (AvgIpc) is 2.37. The molecule has 0 aliphatic carbocycles. The molecule has 2 aromatic rings. The molecule has 1 atom stereocenters. The summed E-state index contributed by atoms with van der Waals surface area (Å²) in [4.78, 5) is 0. The van der Waals surface area contributed by atoms with Crippen molar-refractivity contribution in [3.63, 3.8) is 0 Å². The molecule has 0 bridgehead atoms. The first-order chi connectivity index (χ1) is 9.99. The average molecular weight is 293 g/mol. The lowest BCUT2D eigenvalue weighted by Crippen LogP contribution is -2.23. The molecule has 0 aromatic heterocycles. The molecule has 2 rings (SSSR count). The number of hydrogen-bond donors (Lipinski definition) is 1. The van der Waals surface area contributed by atoms with Crippen LogP contribution in [0.25, 0.3) is 0 Å². The second kappa shape index (κ2) is 6.76. The topological polar surface area (TPSA) is 12.0 Å². The zero-order valence-electron chi connectivity index (χ0n) is 12.1. The van der Waals surface area contributed by atoms with E-state index in [1.54, 1.807) is 6.92 Å². The van der Waals surface area contributed by atoms with Gasteiger partial charge in [0.2, 0.25) is 0 Å². The van der Waals surface area contributed by atoms with Crippen LogP contribution in [-0.4, -0.2) is 6.54 Å². The molecule has 1 unspecified atom stereocenters. The van der Waals surface area contributed by atoms with Crippen molar-refractivity contribution in [2.24, 2.45) is 0 Å². The van der Waals surface area contributed by atoms with Gasteiger partial charge in [-0.2, -0.15) is 0 Å². The van der Waals surface area contributed by atoms with Crippen LogP contribution in [0.1, 0.15) is 36.1 Å². The van der Waals surface area contributed by atoms with Crippen LogP contribution in [0.4, 0.5) is 13.2 Å². The van der Waals surface area contributed by atoms with E-state index in [0.29, 0.717) is 17.7 Å². The predicted octanol–water partition coefficient (Wildman–Crippen LogP) is 4.50. The monoisotopic (exact) mass is 293 g/mol. The fraction of sp³-hybridized carbons (Fsp3) is 0.294. The van der Waals surface area contributed by atoms with Gasteiger partial charge in [0.25, 0.3) is 0 Å². The van der Waals surface area contributed by atoms with Gasteiger partial charge in [-0.25, -0.2) is 13.2 Å². The number of benzene rings is 2. The van der Waals surface area contributed by atoms with Crippen LogP contribution in [0, 0.1) is 24.4 Å². The summed E-state index contributed by atoms with van der Waals surface area (Å²) in [6.45, 7) is 4.45. The molecule has 112 valence electrons. The fourth-order valence-electron chi connectivity index (χ4n) is 2.39. The molecule has 0 saturated heterocycles. The van der Waals surface area contributed by atoms with Crippen LogP contribution in [0.3, 0.4) is 0 Å². The largest absolute Gasteiger partial charge is 0.306 e. The summed E-state index contributed by atoms with van der Waals surface area (Å²) in [6, 6.07) is 7.57. The molecule has 1 nitrogen and oxygen atoms in total. The Morgan fingerprint density at radius 3 is 1.90 bits per heavy atom. The van der Waals surface area contributed by atoms with E-state index in [2.05, 4.69) is 5.32 Å². The maximum atomic E-state index is 13.6. The van der Waals surface area contributed by atoms with Gasteiger partial charge in [0.15, 0.2) is 0 Å². The van der Waals surface area contributed by atoms with Crippen molar-refractivity contribution < 1.29 is 13.2 Å². The van der Waals surface area contributed by atoms with Crippen LogP contribution >= 0.6 is 0 Å².